The number of guanidine groups is 1. The maximum Gasteiger partial charge on any atom is 0.225 e. The third-order valence-electron chi connectivity index (χ3n) is 6.66. The lowest BCUT2D eigenvalue weighted by Gasteiger charge is -2.26. The molecule has 1 unspecified atom stereocenters. The van der Waals surface area contributed by atoms with E-state index in [-0.39, 0.29) is 35.9 Å². The molecule has 1 aromatic heterocycles. The van der Waals surface area contributed by atoms with Crippen LogP contribution in [0.25, 0.3) is 0 Å². The first kappa shape index (κ1) is 25.5. The first-order valence-corrected chi connectivity index (χ1v) is 12.0. The van der Waals surface area contributed by atoms with E-state index < -0.39 is 0 Å². The molecule has 0 radical (unpaired) electrons. The standard InChI is InChI=1S/C25H36N6O.HI/c1-26-25(29-22-13-16-31(19-22)24(32)21-10-6-3-7-11-21)28-14-12-23-27-15-17-30(23)18-20-8-4-2-5-9-20;/h2,4-5,8-9,15,17,21-22H,3,6-7,10-14,16,18-19H2,1H3,(H2,26,28,29);1H. The molecule has 33 heavy (non-hydrogen) atoms. The van der Waals surface area contributed by atoms with Gasteiger partial charge in [0.1, 0.15) is 5.82 Å². The van der Waals surface area contributed by atoms with Gasteiger partial charge in [0.15, 0.2) is 5.96 Å². The molecule has 2 fully saturated rings. The number of halogens is 1. The van der Waals surface area contributed by atoms with Gasteiger partial charge in [-0.2, -0.15) is 0 Å². The van der Waals surface area contributed by atoms with Crippen LogP contribution in [0, 0.1) is 5.92 Å². The number of amides is 1. The summed E-state index contributed by atoms with van der Waals surface area (Å²) in [6.45, 7) is 3.21. The number of carbonyl (C=O) groups is 1. The van der Waals surface area contributed by atoms with Crippen LogP contribution in [0.2, 0.25) is 0 Å². The quantitative estimate of drug-likeness (QED) is 0.307. The van der Waals surface area contributed by atoms with Crippen LogP contribution in [0.4, 0.5) is 0 Å². The molecule has 180 valence electrons. The summed E-state index contributed by atoms with van der Waals surface area (Å²) in [6.07, 6.45) is 11.5. The van der Waals surface area contributed by atoms with Gasteiger partial charge in [-0.3, -0.25) is 9.79 Å². The van der Waals surface area contributed by atoms with Crippen LogP contribution in [0.3, 0.4) is 0 Å². The summed E-state index contributed by atoms with van der Waals surface area (Å²) in [5.74, 6) is 2.46. The first-order chi connectivity index (χ1) is 15.7. The average Bonchev–Trinajstić information content (AvgIpc) is 3.49. The van der Waals surface area contributed by atoms with Crippen LogP contribution < -0.4 is 10.6 Å². The Morgan fingerprint density at radius 1 is 1.15 bits per heavy atom. The molecule has 2 heterocycles. The minimum absolute atomic E-state index is 0. The van der Waals surface area contributed by atoms with Crippen LogP contribution in [0.5, 0.6) is 0 Å². The molecular weight excluding hydrogens is 527 g/mol. The van der Waals surface area contributed by atoms with Crippen molar-refractivity contribution in [3.63, 3.8) is 0 Å². The molecule has 2 aliphatic rings. The number of likely N-dealkylation sites (tertiary alicyclic amines) is 1. The normalized spacial score (nSPS) is 19.2. The zero-order valence-corrected chi connectivity index (χ0v) is 21.9. The van der Waals surface area contributed by atoms with Crippen LogP contribution >= 0.6 is 24.0 Å². The van der Waals surface area contributed by atoms with Crippen molar-refractivity contribution in [1.29, 1.82) is 0 Å². The van der Waals surface area contributed by atoms with Crippen molar-refractivity contribution in [2.75, 3.05) is 26.7 Å². The Hall–Kier alpha value is -2.10. The second kappa shape index (κ2) is 13.0. The van der Waals surface area contributed by atoms with Gasteiger partial charge >= 0.3 is 0 Å². The summed E-state index contributed by atoms with van der Waals surface area (Å²) >= 11 is 0. The van der Waals surface area contributed by atoms with E-state index in [2.05, 4.69) is 54.3 Å². The van der Waals surface area contributed by atoms with Gasteiger partial charge in [0.05, 0.1) is 0 Å². The van der Waals surface area contributed by atoms with Crippen LogP contribution in [0.15, 0.2) is 47.7 Å². The van der Waals surface area contributed by atoms with Crippen molar-refractivity contribution < 1.29 is 4.79 Å². The largest absolute Gasteiger partial charge is 0.356 e. The molecule has 1 saturated carbocycles. The second-order valence-corrected chi connectivity index (χ2v) is 8.96. The molecule has 4 rings (SSSR count). The average molecular weight is 565 g/mol. The molecule has 0 spiro atoms. The first-order valence-electron chi connectivity index (χ1n) is 12.0. The Labute approximate surface area is 214 Å². The molecule has 1 aromatic carbocycles. The Morgan fingerprint density at radius 3 is 2.70 bits per heavy atom. The van der Waals surface area contributed by atoms with E-state index in [9.17, 15) is 4.79 Å². The number of benzene rings is 1. The van der Waals surface area contributed by atoms with Crippen molar-refractivity contribution >= 4 is 35.8 Å². The Kier molecular flexibility index (Phi) is 10.0. The molecule has 0 bridgehead atoms. The van der Waals surface area contributed by atoms with Crippen molar-refractivity contribution in [1.82, 2.24) is 25.1 Å². The molecule has 1 aliphatic carbocycles. The predicted octanol–water partition coefficient (Wildman–Crippen LogP) is 3.44. The summed E-state index contributed by atoms with van der Waals surface area (Å²) in [5.41, 5.74) is 1.27. The molecule has 1 aliphatic heterocycles. The Balaban J connectivity index is 0.00000306. The highest BCUT2D eigenvalue weighted by atomic mass is 127. The SMILES string of the molecule is CN=C(NCCc1nccn1Cc1ccccc1)NC1CCN(C(=O)C2CCCCC2)C1.I. The molecule has 2 N–H and O–H groups in total. The monoisotopic (exact) mass is 564 g/mol. The van der Waals surface area contributed by atoms with E-state index in [1.165, 1.54) is 24.8 Å². The van der Waals surface area contributed by atoms with Gasteiger partial charge in [0.2, 0.25) is 5.91 Å². The summed E-state index contributed by atoms with van der Waals surface area (Å²) in [6, 6.07) is 10.7. The lowest BCUT2D eigenvalue weighted by atomic mass is 9.88. The highest BCUT2D eigenvalue weighted by molar-refractivity contribution is 14.0. The minimum Gasteiger partial charge on any atom is -0.356 e. The molecule has 1 atom stereocenters. The fourth-order valence-corrected chi connectivity index (χ4v) is 4.86. The van der Waals surface area contributed by atoms with E-state index in [0.717, 1.165) is 63.6 Å². The lowest BCUT2D eigenvalue weighted by molar-refractivity contribution is -0.135. The number of nitrogens with one attached hydrogen (secondary N) is 2. The van der Waals surface area contributed by atoms with E-state index in [1.807, 2.05) is 18.5 Å². The fraction of sp³-hybridized carbons (Fsp3) is 0.560. The van der Waals surface area contributed by atoms with E-state index in [1.54, 1.807) is 7.05 Å². The number of hydrogen-bond donors (Lipinski definition) is 2. The van der Waals surface area contributed by atoms with Crippen molar-refractivity contribution in [3.8, 4) is 0 Å². The zero-order valence-electron chi connectivity index (χ0n) is 19.6. The lowest BCUT2D eigenvalue weighted by Crippen LogP contribution is -2.46. The van der Waals surface area contributed by atoms with Gasteiger partial charge in [-0.05, 0) is 24.8 Å². The number of aliphatic imine (C=N–C) groups is 1. The number of carbonyl (C=O) groups excluding carboxylic acids is 1. The van der Waals surface area contributed by atoms with Gasteiger partial charge in [0, 0.05) is 64.0 Å². The van der Waals surface area contributed by atoms with Gasteiger partial charge < -0.3 is 20.1 Å². The van der Waals surface area contributed by atoms with Crippen molar-refractivity contribution in [3.05, 3.63) is 54.1 Å². The number of hydrogen-bond acceptors (Lipinski definition) is 3. The molecule has 2 aromatic rings. The Bertz CT molecular complexity index is 893. The third-order valence-corrected chi connectivity index (χ3v) is 6.66. The van der Waals surface area contributed by atoms with Crippen LogP contribution in [-0.2, 0) is 17.8 Å². The van der Waals surface area contributed by atoms with Crippen LogP contribution in [0.1, 0.15) is 49.9 Å². The number of aromatic nitrogens is 2. The van der Waals surface area contributed by atoms with Crippen molar-refractivity contribution in [2.24, 2.45) is 10.9 Å². The van der Waals surface area contributed by atoms with Crippen LogP contribution in [-0.4, -0.2) is 59.0 Å². The number of nitrogens with zero attached hydrogens (tertiary/aromatic N) is 4. The summed E-state index contributed by atoms with van der Waals surface area (Å²) in [5, 5.41) is 6.92. The smallest absolute Gasteiger partial charge is 0.225 e. The van der Waals surface area contributed by atoms with E-state index in [0.29, 0.717) is 5.91 Å². The molecule has 1 amide bonds. The minimum atomic E-state index is 0. The maximum atomic E-state index is 12.8. The summed E-state index contributed by atoms with van der Waals surface area (Å²) in [4.78, 5) is 23.8. The van der Waals surface area contributed by atoms with Gasteiger partial charge in [0.25, 0.3) is 0 Å². The van der Waals surface area contributed by atoms with E-state index >= 15 is 0 Å². The number of imidazole rings is 1. The summed E-state index contributed by atoms with van der Waals surface area (Å²) in [7, 11) is 1.80. The molecular formula is C25H37IN6O. The summed E-state index contributed by atoms with van der Waals surface area (Å²) < 4.78 is 2.19. The van der Waals surface area contributed by atoms with E-state index in [4.69, 9.17) is 0 Å². The van der Waals surface area contributed by atoms with Gasteiger partial charge in [-0.15, -0.1) is 24.0 Å². The topological polar surface area (TPSA) is 74.6 Å². The molecule has 1 saturated heterocycles. The molecule has 7 nitrogen and oxygen atoms in total. The predicted molar refractivity (Wildman–Crippen MR) is 143 cm³/mol. The highest BCUT2D eigenvalue weighted by Gasteiger charge is 2.31. The van der Waals surface area contributed by atoms with Crippen molar-refractivity contribution in [2.45, 2.75) is 57.5 Å². The third kappa shape index (κ3) is 7.19. The zero-order chi connectivity index (χ0) is 22.2. The van der Waals surface area contributed by atoms with Gasteiger partial charge in [-0.25, -0.2) is 4.98 Å². The fourth-order valence-electron chi connectivity index (χ4n) is 4.86. The molecule has 8 heteroatoms. The Morgan fingerprint density at radius 2 is 1.94 bits per heavy atom. The van der Waals surface area contributed by atoms with Gasteiger partial charge in [-0.1, -0.05) is 49.6 Å². The maximum absolute atomic E-state index is 12.8. The highest BCUT2D eigenvalue weighted by Crippen LogP contribution is 2.26. The second-order valence-electron chi connectivity index (χ2n) is 8.96. The number of rotatable bonds is 7.